The fourth-order valence-electron chi connectivity index (χ4n) is 3.14. The van der Waals surface area contributed by atoms with Crippen molar-refractivity contribution in [1.29, 1.82) is 0 Å². The number of methoxy groups -OCH3 is 3. The molecule has 1 aromatic heterocycles. The first kappa shape index (κ1) is 22.2. The van der Waals surface area contributed by atoms with Crippen molar-refractivity contribution in [2.45, 2.75) is 33.1 Å². The molecule has 1 heterocycles. The molecule has 0 fully saturated rings. The Morgan fingerprint density at radius 3 is 2.23 bits per heavy atom. The lowest BCUT2D eigenvalue weighted by atomic mass is 9.92. The Kier molecular flexibility index (Phi) is 6.24. The molecular weight excluding hydrogens is 394 g/mol. The first-order valence-electron chi connectivity index (χ1n) is 9.97. The Balaban J connectivity index is 2.16. The summed E-state index contributed by atoms with van der Waals surface area (Å²) in [5.41, 5.74) is 3.62. The number of aromatic nitrogens is 2. The lowest BCUT2D eigenvalue weighted by Crippen LogP contribution is -2.13. The van der Waals surface area contributed by atoms with E-state index in [1.165, 1.54) is 7.11 Å². The van der Waals surface area contributed by atoms with Gasteiger partial charge in [0.25, 0.3) is 0 Å². The summed E-state index contributed by atoms with van der Waals surface area (Å²) >= 11 is 0. The molecule has 7 heteroatoms. The highest BCUT2D eigenvalue weighted by molar-refractivity contribution is 5.97. The zero-order valence-electron chi connectivity index (χ0n) is 19.1. The zero-order chi connectivity index (χ0) is 22.8. The van der Waals surface area contributed by atoms with Gasteiger partial charge < -0.3 is 19.5 Å². The van der Waals surface area contributed by atoms with Gasteiger partial charge in [-0.1, -0.05) is 26.8 Å². The quantitative estimate of drug-likeness (QED) is 0.561. The van der Waals surface area contributed by atoms with Crippen LogP contribution in [0.3, 0.4) is 0 Å². The summed E-state index contributed by atoms with van der Waals surface area (Å²) in [5.74, 6) is 1.57. The summed E-state index contributed by atoms with van der Waals surface area (Å²) in [7, 11) is 4.55. The van der Waals surface area contributed by atoms with Crippen molar-refractivity contribution < 1.29 is 19.0 Å². The maximum atomic E-state index is 12.4. The van der Waals surface area contributed by atoms with Gasteiger partial charge >= 0.3 is 5.97 Å². The molecule has 0 aliphatic carbocycles. The van der Waals surface area contributed by atoms with Crippen LogP contribution in [0.5, 0.6) is 11.5 Å². The molecule has 2 aromatic carbocycles. The predicted octanol–water partition coefficient (Wildman–Crippen LogP) is 5.03. The van der Waals surface area contributed by atoms with Crippen molar-refractivity contribution in [2.24, 2.45) is 0 Å². The van der Waals surface area contributed by atoms with Gasteiger partial charge in [-0.05, 0) is 36.8 Å². The Bertz CT molecular complexity index is 1100. The van der Waals surface area contributed by atoms with E-state index in [0.717, 1.165) is 28.5 Å². The smallest absolute Gasteiger partial charge is 0.340 e. The first-order valence-corrected chi connectivity index (χ1v) is 9.97. The van der Waals surface area contributed by atoms with E-state index in [1.807, 2.05) is 35.9 Å². The minimum Gasteiger partial charge on any atom is -0.497 e. The van der Waals surface area contributed by atoms with Crippen LogP contribution in [0.2, 0.25) is 0 Å². The zero-order valence-corrected chi connectivity index (χ0v) is 19.1. The maximum absolute atomic E-state index is 12.4. The largest absolute Gasteiger partial charge is 0.497 e. The average molecular weight is 424 g/mol. The predicted molar refractivity (Wildman–Crippen MR) is 121 cm³/mol. The second kappa shape index (κ2) is 8.71. The topological polar surface area (TPSA) is 74.6 Å². The molecule has 0 aliphatic rings. The van der Waals surface area contributed by atoms with Crippen LogP contribution in [-0.4, -0.2) is 37.1 Å². The van der Waals surface area contributed by atoms with E-state index >= 15 is 0 Å². The Hall–Kier alpha value is -3.48. The van der Waals surface area contributed by atoms with Gasteiger partial charge in [0.05, 0.1) is 44.0 Å². The molecule has 0 atom stereocenters. The highest BCUT2D eigenvalue weighted by Crippen LogP contribution is 2.32. The minimum atomic E-state index is -0.457. The molecule has 0 radical (unpaired) electrons. The van der Waals surface area contributed by atoms with E-state index in [4.69, 9.17) is 19.3 Å². The lowest BCUT2D eigenvalue weighted by Gasteiger charge is -2.15. The monoisotopic (exact) mass is 423 g/mol. The third-order valence-corrected chi connectivity index (χ3v) is 5.02. The molecule has 3 aromatic rings. The molecule has 0 unspecified atom stereocenters. The molecular formula is C24H29N3O4. The van der Waals surface area contributed by atoms with Crippen molar-refractivity contribution in [1.82, 2.24) is 9.78 Å². The van der Waals surface area contributed by atoms with Crippen LogP contribution in [0.4, 0.5) is 11.5 Å². The highest BCUT2D eigenvalue weighted by atomic mass is 16.5. The summed E-state index contributed by atoms with van der Waals surface area (Å²) < 4.78 is 17.5. The van der Waals surface area contributed by atoms with E-state index in [9.17, 15) is 4.79 Å². The van der Waals surface area contributed by atoms with Crippen LogP contribution in [0.1, 0.15) is 42.4 Å². The van der Waals surface area contributed by atoms with Crippen molar-refractivity contribution in [3.63, 3.8) is 0 Å². The lowest BCUT2D eigenvalue weighted by molar-refractivity contribution is 0.0601. The molecule has 0 saturated carbocycles. The van der Waals surface area contributed by atoms with Crippen LogP contribution in [0.25, 0.3) is 5.69 Å². The number of rotatable bonds is 6. The molecule has 7 nitrogen and oxygen atoms in total. The Labute approximate surface area is 182 Å². The van der Waals surface area contributed by atoms with Crippen LogP contribution in [0.15, 0.2) is 42.5 Å². The van der Waals surface area contributed by atoms with E-state index in [0.29, 0.717) is 17.0 Å². The maximum Gasteiger partial charge on any atom is 0.340 e. The Morgan fingerprint density at radius 2 is 1.61 bits per heavy atom. The summed E-state index contributed by atoms with van der Waals surface area (Å²) in [6.45, 7) is 8.34. The summed E-state index contributed by atoms with van der Waals surface area (Å²) in [5, 5.41) is 8.24. The second-order valence-corrected chi connectivity index (χ2v) is 8.26. The third-order valence-electron chi connectivity index (χ3n) is 5.02. The average Bonchev–Trinajstić information content (AvgIpc) is 3.18. The standard InChI is InChI=1S/C24H29N3O4/c1-15-8-9-17(30-6)13-20(15)27-22(14-21(26-27)24(2,3)4)25-19-11-10-16(29-5)12-18(19)23(28)31-7/h8-14,25H,1-7H3. The van der Waals surface area contributed by atoms with Gasteiger partial charge in [-0.25, -0.2) is 9.48 Å². The van der Waals surface area contributed by atoms with E-state index < -0.39 is 5.97 Å². The SMILES string of the molecule is COC(=O)c1cc(OC)ccc1Nc1cc(C(C)(C)C)nn1-c1cc(OC)ccc1C. The summed E-state index contributed by atoms with van der Waals surface area (Å²) in [4.78, 5) is 12.4. The van der Waals surface area contributed by atoms with Crippen LogP contribution < -0.4 is 14.8 Å². The van der Waals surface area contributed by atoms with Crippen molar-refractivity contribution >= 4 is 17.5 Å². The van der Waals surface area contributed by atoms with E-state index in [2.05, 4.69) is 26.1 Å². The van der Waals surface area contributed by atoms with Crippen LogP contribution in [0, 0.1) is 6.92 Å². The number of nitrogens with one attached hydrogen (secondary N) is 1. The van der Waals surface area contributed by atoms with Crippen molar-refractivity contribution in [2.75, 3.05) is 26.6 Å². The van der Waals surface area contributed by atoms with Gasteiger partial charge in [0.1, 0.15) is 17.3 Å². The number of esters is 1. The molecule has 0 spiro atoms. The van der Waals surface area contributed by atoms with Gasteiger partial charge in [0.2, 0.25) is 0 Å². The van der Waals surface area contributed by atoms with Gasteiger partial charge in [-0.2, -0.15) is 5.10 Å². The molecule has 3 rings (SSSR count). The molecule has 0 saturated heterocycles. The van der Waals surface area contributed by atoms with Crippen LogP contribution >= 0.6 is 0 Å². The number of benzene rings is 2. The van der Waals surface area contributed by atoms with Gasteiger partial charge in [-0.3, -0.25) is 0 Å². The number of carbonyl (C=O) groups excluding carboxylic acids is 1. The number of aryl methyl sites for hydroxylation is 1. The normalized spacial score (nSPS) is 11.2. The van der Waals surface area contributed by atoms with Gasteiger partial charge in [0, 0.05) is 17.5 Å². The molecule has 0 bridgehead atoms. The molecule has 164 valence electrons. The number of nitrogens with zero attached hydrogens (tertiary/aromatic N) is 2. The summed E-state index contributed by atoms with van der Waals surface area (Å²) in [6.07, 6.45) is 0. The third kappa shape index (κ3) is 4.66. The van der Waals surface area contributed by atoms with Crippen LogP contribution in [-0.2, 0) is 10.2 Å². The molecule has 31 heavy (non-hydrogen) atoms. The molecule has 0 aliphatic heterocycles. The number of carbonyl (C=O) groups is 1. The van der Waals surface area contributed by atoms with E-state index in [-0.39, 0.29) is 5.41 Å². The number of hydrogen-bond donors (Lipinski definition) is 1. The van der Waals surface area contributed by atoms with Gasteiger partial charge in [0.15, 0.2) is 0 Å². The van der Waals surface area contributed by atoms with Gasteiger partial charge in [-0.15, -0.1) is 0 Å². The summed E-state index contributed by atoms with van der Waals surface area (Å²) in [6, 6.07) is 13.1. The highest BCUT2D eigenvalue weighted by Gasteiger charge is 2.23. The fourth-order valence-corrected chi connectivity index (χ4v) is 3.14. The fraction of sp³-hybridized carbons (Fsp3) is 0.333. The van der Waals surface area contributed by atoms with Crippen molar-refractivity contribution in [3.8, 4) is 17.2 Å². The minimum absolute atomic E-state index is 0.167. The Morgan fingerprint density at radius 1 is 0.968 bits per heavy atom. The molecule has 0 amide bonds. The number of anilines is 2. The number of hydrogen-bond acceptors (Lipinski definition) is 6. The second-order valence-electron chi connectivity index (χ2n) is 8.26. The van der Waals surface area contributed by atoms with E-state index in [1.54, 1.807) is 32.4 Å². The molecule has 1 N–H and O–H groups in total. The first-order chi connectivity index (χ1) is 14.7. The van der Waals surface area contributed by atoms with Crippen molar-refractivity contribution in [3.05, 3.63) is 59.3 Å². The number of ether oxygens (including phenoxy) is 3.